The number of rotatable bonds is 9. The Hall–Kier alpha value is -2.04. The van der Waals surface area contributed by atoms with Gasteiger partial charge in [-0.1, -0.05) is 19.9 Å². The lowest BCUT2D eigenvalue weighted by Crippen LogP contribution is -2.03. The Morgan fingerprint density at radius 3 is 2.23 bits per heavy atom. The van der Waals surface area contributed by atoms with Crippen molar-refractivity contribution in [3.63, 3.8) is 0 Å². The first-order chi connectivity index (χ1) is 10.5. The molecular formula is C17H23FO4. The van der Waals surface area contributed by atoms with Crippen molar-refractivity contribution in [2.45, 2.75) is 40.0 Å². The summed E-state index contributed by atoms with van der Waals surface area (Å²) in [5.74, 6) is -0.545. The normalized spacial score (nSPS) is 11.4. The summed E-state index contributed by atoms with van der Waals surface area (Å²) in [6, 6.07) is 2.87. The van der Waals surface area contributed by atoms with Crippen LogP contribution < -0.4 is 9.47 Å². The molecule has 0 spiro atoms. The van der Waals surface area contributed by atoms with Gasteiger partial charge in [0.05, 0.1) is 19.6 Å². The molecule has 0 aliphatic carbocycles. The highest BCUT2D eigenvalue weighted by Crippen LogP contribution is 2.33. The Kier molecular flexibility index (Phi) is 7.43. The average Bonchev–Trinajstić information content (AvgIpc) is 2.49. The Morgan fingerprint density at radius 2 is 1.73 bits per heavy atom. The van der Waals surface area contributed by atoms with Gasteiger partial charge >= 0.3 is 5.97 Å². The van der Waals surface area contributed by atoms with E-state index in [4.69, 9.17) is 14.6 Å². The van der Waals surface area contributed by atoms with Crippen molar-refractivity contribution in [2.24, 2.45) is 0 Å². The van der Waals surface area contributed by atoms with Gasteiger partial charge in [-0.2, -0.15) is 0 Å². The number of hydrogen-bond donors (Lipinski definition) is 1. The summed E-state index contributed by atoms with van der Waals surface area (Å²) >= 11 is 0. The molecule has 0 aliphatic heterocycles. The van der Waals surface area contributed by atoms with Gasteiger partial charge in [-0.3, -0.25) is 4.79 Å². The molecule has 1 aromatic rings. The summed E-state index contributed by atoms with van der Waals surface area (Å²) in [6.45, 7) is 6.61. The maximum Gasteiger partial charge on any atom is 0.307 e. The predicted molar refractivity (Wildman–Crippen MR) is 83.9 cm³/mol. The Balaban J connectivity index is 3.12. The van der Waals surface area contributed by atoms with E-state index in [1.807, 2.05) is 13.8 Å². The predicted octanol–water partition coefficient (Wildman–Crippen LogP) is 4.28. The fourth-order valence-corrected chi connectivity index (χ4v) is 1.84. The van der Waals surface area contributed by atoms with Crippen LogP contribution in [0.5, 0.6) is 11.5 Å². The summed E-state index contributed by atoms with van der Waals surface area (Å²) in [5, 5.41) is 8.71. The minimum atomic E-state index is -0.954. The SMILES string of the molecule is CCCOc1cc(F)c(/C(C)=C/CC(=O)O)cc1OCCC. The number of aliphatic carboxylic acids is 1. The molecule has 0 aliphatic rings. The van der Waals surface area contributed by atoms with Crippen LogP contribution in [-0.4, -0.2) is 24.3 Å². The first kappa shape index (κ1) is 18.0. The van der Waals surface area contributed by atoms with Crippen LogP contribution in [0, 0.1) is 5.82 Å². The molecular weight excluding hydrogens is 287 g/mol. The van der Waals surface area contributed by atoms with Crippen LogP contribution in [0.15, 0.2) is 18.2 Å². The minimum absolute atomic E-state index is 0.148. The number of ether oxygens (including phenoxy) is 2. The molecule has 0 fully saturated rings. The molecule has 122 valence electrons. The van der Waals surface area contributed by atoms with E-state index < -0.39 is 11.8 Å². The number of carbonyl (C=O) groups is 1. The zero-order valence-corrected chi connectivity index (χ0v) is 13.3. The molecule has 5 heteroatoms. The van der Waals surface area contributed by atoms with Crippen LogP contribution in [0.2, 0.25) is 0 Å². The maximum atomic E-state index is 14.2. The Morgan fingerprint density at radius 1 is 1.18 bits per heavy atom. The molecule has 0 aromatic heterocycles. The summed E-state index contributed by atoms with van der Waals surface area (Å²) in [7, 11) is 0. The molecule has 0 amide bonds. The largest absolute Gasteiger partial charge is 0.490 e. The summed E-state index contributed by atoms with van der Waals surface area (Å²) in [6.07, 6.45) is 2.98. The van der Waals surface area contributed by atoms with E-state index >= 15 is 0 Å². The molecule has 0 atom stereocenters. The van der Waals surface area contributed by atoms with Gasteiger partial charge in [0.2, 0.25) is 0 Å². The van der Waals surface area contributed by atoms with E-state index in [1.54, 1.807) is 13.0 Å². The van der Waals surface area contributed by atoms with Crippen molar-refractivity contribution in [3.8, 4) is 11.5 Å². The zero-order valence-electron chi connectivity index (χ0n) is 13.3. The summed E-state index contributed by atoms with van der Waals surface area (Å²) < 4.78 is 25.4. The molecule has 1 N–H and O–H groups in total. The lowest BCUT2D eigenvalue weighted by atomic mass is 10.0. The van der Waals surface area contributed by atoms with Gasteiger partial charge in [0.15, 0.2) is 11.5 Å². The van der Waals surface area contributed by atoms with Gasteiger partial charge in [-0.05, 0) is 31.4 Å². The third-order valence-corrected chi connectivity index (χ3v) is 2.96. The smallest absolute Gasteiger partial charge is 0.307 e. The number of carboxylic acids is 1. The first-order valence-electron chi connectivity index (χ1n) is 7.47. The zero-order chi connectivity index (χ0) is 16.5. The van der Waals surface area contributed by atoms with Crippen molar-refractivity contribution < 1.29 is 23.8 Å². The molecule has 4 nitrogen and oxygen atoms in total. The quantitative estimate of drug-likeness (QED) is 0.739. The number of carboxylic acid groups (broad SMARTS) is 1. The van der Waals surface area contributed by atoms with E-state index in [1.165, 1.54) is 12.1 Å². The highest BCUT2D eigenvalue weighted by atomic mass is 19.1. The standard InChI is InChI=1S/C17H23FO4/c1-4-8-21-15-10-13(12(3)6-7-17(19)20)14(18)11-16(15)22-9-5-2/h6,10-11H,4-5,7-9H2,1-3H3,(H,19,20)/b12-6+. The minimum Gasteiger partial charge on any atom is -0.490 e. The van der Waals surface area contributed by atoms with Crippen LogP contribution in [-0.2, 0) is 4.79 Å². The summed E-state index contributed by atoms with van der Waals surface area (Å²) in [5.41, 5.74) is 0.888. The van der Waals surface area contributed by atoms with E-state index in [2.05, 4.69) is 0 Å². The maximum absolute atomic E-state index is 14.2. The van der Waals surface area contributed by atoms with Gasteiger partial charge in [0.25, 0.3) is 0 Å². The van der Waals surface area contributed by atoms with Crippen LogP contribution in [0.4, 0.5) is 4.39 Å². The number of allylic oxidation sites excluding steroid dienone is 1. The van der Waals surface area contributed by atoms with Crippen molar-refractivity contribution in [2.75, 3.05) is 13.2 Å². The molecule has 1 aromatic carbocycles. The fourth-order valence-electron chi connectivity index (χ4n) is 1.84. The third-order valence-electron chi connectivity index (χ3n) is 2.96. The highest BCUT2D eigenvalue weighted by molar-refractivity contribution is 5.74. The molecule has 0 unspecified atom stereocenters. The van der Waals surface area contributed by atoms with Gasteiger partial charge < -0.3 is 14.6 Å². The van der Waals surface area contributed by atoms with Gasteiger partial charge in [-0.25, -0.2) is 4.39 Å². The second-order valence-electron chi connectivity index (χ2n) is 4.96. The lowest BCUT2D eigenvalue weighted by molar-refractivity contribution is -0.135. The van der Waals surface area contributed by atoms with Gasteiger partial charge in [-0.15, -0.1) is 0 Å². The van der Waals surface area contributed by atoms with Crippen molar-refractivity contribution in [3.05, 3.63) is 29.6 Å². The van der Waals surface area contributed by atoms with E-state index in [0.29, 0.717) is 35.8 Å². The van der Waals surface area contributed by atoms with Crippen LogP contribution >= 0.6 is 0 Å². The average molecular weight is 310 g/mol. The van der Waals surface area contributed by atoms with E-state index in [9.17, 15) is 9.18 Å². The highest BCUT2D eigenvalue weighted by Gasteiger charge is 2.13. The number of hydrogen-bond acceptors (Lipinski definition) is 3. The second kappa shape index (κ2) is 9.07. The monoisotopic (exact) mass is 310 g/mol. The van der Waals surface area contributed by atoms with Crippen molar-refractivity contribution in [1.82, 2.24) is 0 Å². The molecule has 0 heterocycles. The first-order valence-corrected chi connectivity index (χ1v) is 7.47. The van der Waals surface area contributed by atoms with Gasteiger partial charge in [0.1, 0.15) is 5.82 Å². The molecule has 0 saturated carbocycles. The Bertz CT molecular complexity index is 538. The molecule has 0 radical (unpaired) electrons. The number of halogens is 1. The topological polar surface area (TPSA) is 55.8 Å². The van der Waals surface area contributed by atoms with E-state index in [-0.39, 0.29) is 6.42 Å². The van der Waals surface area contributed by atoms with Crippen LogP contribution in [0.3, 0.4) is 0 Å². The Labute approximate surface area is 130 Å². The number of benzene rings is 1. The second-order valence-corrected chi connectivity index (χ2v) is 4.96. The van der Waals surface area contributed by atoms with E-state index in [0.717, 1.165) is 12.8 Å². The fraction of sp³-hybridized carbons (Fsp3) is 0.471. The molecule has 0 saturated heterocycles. The van der Waals surface area contributed by atoms with Gasteiger partial charge in [0, 0.05) is 11.6 Å². The molecule has 1 rings (SSSR count). The lowest BCUT2D eigenvalue weighted by Gasteiger charge is -2.15. The molecule has 0 bridgehead atoms. The van der Waals surface area contributed by atoms with Crippen molar-refractivity contribution >= 4 is 11.5 Å². The van der Waals surface area contributed by atoms with Crippen LogP contribution in [0.25, 0.3) is 5.57 Å². The van der Waals surface area contributed by atoms with Crippen LogP contribution in [0.1, 0.15) is 45.6 Å². The third kappa shape index (κ3) is 5.39. The van der Waals surface area contributed by atoms with Crippen molar-refractivity contribution in [1.29, 1.82) is 0 Å². The molecule has 22 heavy (non-hydrogen) atoms. The summed E-state index contributed by atoms with van der Waals surface area (Å²) in [4.78, 5) is 10.6.